The fourth-order valence-electron chi connectivity index (χ4n) is 4.39. The Hall–Kier alpha value is -1.85. The molecule has 0 atom stereocenters. The van der Waals surface area contributed by atoms with Crippen LogP contribution in [0.1, 0.15) is 70.1 Å². The fraction of sp³-hybridized carbons (Fsp3) is 0.444. The molecule has 1 saturated carbocycles. The van der Waals surface area contributed by atoms with Crippen LogP contribution in [0.15, 0.2) is 65.0 Å². The molecule has 0 bridgehead atoms. The van der Waals surface area contributed by atoms with Gasteiger partial charge in [-0.1, -0.05) is 63.4 Å². The Kier molecular flexibility index (Phi) is 9.18. The van der Waals surface area contributed by atoms with Crippen LogP contribution in [0.3, 0.4) is 0 Å². The van der Waals surface area contributed by atoms with Crippen LogP contribution in [0.25, 0.3) is 0 Å². The van der Waals surface area contributed by atoms with Crippen LogP contribution < -0.4 is 9.54 Å². The van der Waals surface area contributed by atoms with Gasteiger partial charge in [-0.2, -0.15) is 0 Å². The lowest BCUT2D eigenvalue weighted by Crippen LogP contribution is -2.39. The van der Waals surface area contributed by atoms with Gasteiger partial charge in [-0.05, 0) is 55.5 Å². The lowest BCUT2D eigenvalue weighted by atomic mass is 9.62. The van der Waals surface area contributed by atoms with Crippen LogP contribution in [-0.4, -0.2) is 11.1 Å². The van der Waals surface area contributed by atoms with E-state index in [1.54, 1.807) is 0 Å². The molecule has 0 spiro atoms. The van der Waals surface area contributed by atoms with Crippen molar-refractivity contribution in [2.45, 2.75) is 70.8 Å². The van der Waals surface area contributed by atoms with Gasteiger partial charge in [-0.25, -0.2) is 0 Å². The highest BCUT2D eigenvalue weighted by atomic mass is 79.9. The first-order valence-electron chi connectivity index (χ1n) is 11.8. The first kappa shape index (κ1) is 24.8. The van der Waals surface area contributed by atoms with Crippen LogP contribution in [-0.2, 0) is 12.0 Å². The number of aromatic nitrogens is 1. The molecule has 0 saturated heterocycles. The summed E-state index contributed by atoms with van der Waals surface area (Å²) in [5.41, 5.74) is 2.99. The molecule has 1 fully saturated rings. The van der Waals surface area contributed by atoms with E-state index < -0.39 is 0 Å². The molecule has 2 aromatic carbocycles. The highest BCUT2D eigenvalue weighted by Gasteiger charge is 2.42. The van der Waals surface area contributed by atoms with Gasteiger partial charge in [0.15, 0.2) is 4.80 Å². The minimum absolute atomic E-state index is 0. The zero-order chi connectivity index (χ0) is 21.5. The number of para-hydroxylation sites is 1. The number of thiazole rings is 1. The Morgan fingerprint density at radius 3 is 2.25 bits per heavy atom. The maximum Gasteiger partial charge on any atom is 0.184 e. The summed E-state index contributed by atoms with van der Waals surface area (Å²) in [6.07, 6.45) is 8.47. The van der Waals surface area contributed by atoms with E-state index in [2.05, 4.69) is 48.1 Å². The number of hydrogen-bond acceptors (Lipinski definition) is 3. The van der Waals surface area contributed by atoms with Crippen molar-refractivity contribution in [2.75, 3.05) is 6.54 Å². The molecule has 3 aromatic rings. The second-order valence-corrected chi connectivity index (χ2v) is 9.36. The second kappa shape index (κ2) is 11.9. The molecule has 1 heterocycles. The van der Waals surface area contributed by atoms with E-state index in [-0.39, 0.29) is 22.4 Å². The largest absolute Gasteiger partial charge is 0.457 e. The van der Waals surface area contributed by atoms with Crippen LogP contribution in [0, 0.1) is 0 Å². The molecule has 172 valence electrons. The third-order valence-electron chi connectivity index (χ3n) is 6.37. The summed E-state index contributed by atoms with van der Waals surface area (Å²) in [7, 11) is 0. The smallest absolute Gasteiger partial charge is 0.184 e. The van der Waals surface area contributed by atoms with Crippen molar-refractivity contribution in [2.24, 2.45) is 4.99 Å². The van der Waals surface area contributed by atoms with E-state index >= 15 is 0 Å². The van der Waals surface area contributed by atoms with Gasteiger partial charge in [-0.3, -0.25) is 4.99 Å². The molecule has 1 aliphatic carbocycles. The minimum atomic E-state index is 0. The van der Waals surface area contributed by atoms with Crippen molar-refractivity contribution in [3.05, 3.63) is 76.0 Å². The highest BCUT2D eigenvalue weighted by Crippen LogP contribution is 2.49. The van der Waals surface area contributed by atoms with Crippen molar-refractivity contribution in [3.63, 3.8) is 0 Å². The maximum absolute atomic E-state index is 6.02. The number of rotatable bonds is 10. The van der Waals surface area contributed by atoms with Crippen molar-refractivity contribution in [3.8, 4) is 11.5 Å². The fourth-order valence-corrected chi connectivity index (χ4v) is 5.44. The van der Waals surface area contributed by atoms with Gasteiger partial charge in [0.05, 0.1) is 0 Å². The Balaban J connectivity index is 0.00000289. The Bertz CT molecular complexity index is 1020. The highest BCUT2D eigenvalue weighted by molar-refractivity contribution is 8.93. The van der Waals surface area contributed by atoms with Gasteiger partial charge in [0.25, 0.3) is 0 Å². The number of benzene rings is 2. The van der Waals surface area contributed by atoms with E-state index in [0.29, 0.717) is 0 Å². The number of unbranched alkanes of at least 4 members (excludes halogenated alkanes) is 2. The number of hydrogen-bond donors (Lipinski definition) is 0. The van der Waals surface area contributed by atoms with E-state index in [1.165, 1.54) is 54.6 Å². The summed E-state index contributed by atoms with van der Waals surface area (Å²) < 4.78 is 8.55. The number of ether oxygens (including phenoxy) is 1. The quantitative estimate of drug-likeness (QED) is 0.252. The topological polar surface area (TPSA) is 26.5 Å². The molecule has 3 nitrogen and oxygen atoms in total. The van der Waals surface area contributed by atoms with Gasteiger partial charge in [-0.15, -0.1) is 28.3 Å². The molecular formula is C27H35BrN2OS. The molecule has 0 radical (unpaired) electrons. The average Bonchev–Trinajstić information content (AvgIpc) is 3.16. The molecule has 0 amide bonds. The lowest BCUT2D eigenvalue weighted by Gasteiger charge is -2.43. The number of nitrogens with zero attached hydrogens (tertiary/aromatic N) is 2. The summed E-state index contributed by atoms with van der Waals surface area (Å²) in [5.74, 6) is 1.77. The summed E-state index contributed by atoms with van der Waals surface area (Å²) >= 11 is 1.82. The van der Waals surface area contributed by atoms with E-state index in [4.69, 9.17) is 9.73 Å². The molecule has 32 heavy (non-hydrogen) atoms. The Labute approximate surface area is 207 Å². The van der Waals surface area contributed by atoms with Gasteiger partial charge >= 0.3 is 0 Å². The summed E-state index contributed by atoms with van der Waals surface area (Å²) in [5, 5.41) is 2.38. The van der Waals surface area contributed by atoms with Gasteiger partial charge in [0, 0.05) is 29.6 Å². The van der Waals surface area contributed by atoms with Crippen LogP contribution in [0.4, 0.5) is 0 Å². The van der Waals surface area contributed by atoms with Gasteiger partial charge in [0.2, 0.25) is 0 Å². The number of halogens is 1. The SMILES string of the molecule is Br.CCCCN=c1scc(C2(c3ccc(Oc4ccccc4)cc3)CCC2)n1CCCC. The van der Waals surface area contributed by atoms with Crippen LogP contribution >= 0.6 is 28.3 Å². The average molecular weight is 516 g/mol. The maximum atomic E-state index is 6.02. The first-order valence-corrected chi connectivity index (χ1v) is 12.7. The third-order valence-corrected chi connectivity index (χ3v) is 7.28. The zero-order valence-electron chi connectivity index (χ0n) is 19.3. The zero-order valence-corrected chi connectivity index (χ0v) is 21.8. The predicted molar refractivity (Wildman–Crippen MR) is 140 cm³/mol. The molecule has 1 aromatic heterocycles. The summed E-state index contributed by atoms with van der Waals surface area (Å²) in [4.78, 5) is 6.16. The Morgan fingerprint density at radius 1 is 0.938 bits per heavy atom. The summed E-state index contributed by atoms with van der Waals surface area (Å²) in [6.45, 7) is 6.50. The van der Waals surface area contributed by atoms with Crippen molar-refractivity contribution < 1.29 is 4.74 Å². The molecule has 0 aliphatic heterocycles. The molecule has 0 N–H and O–H groups in total. The second-order valence-electron chi connectivity index (χ2n) is 8.52. The van der Waals surface area contributed by atoms with E-state index in [9.17, 15) is 0 Å². The minimum Gasteiger partial charge on any atom is -0.457 e. The van der Waals surface area contributed by atoms with Crippen LogP contribution in [0.2, 0.25) is 0 Å². The van der Waals surface area contributed by atoms with Gasteiger partial charge in [0.1, 0.15) is 11.5 Å². The molecular weight excluding hydrogens is 480 g/mol. The Morgan fingerprint density at radius 2 is 1.62 bits per heavy atom. The predicted octanol–water partition coefficient (Wildman–Crippen LogP) is 7.89. The standard InChI is InChI=1S/C27H34N2OS.BrH/c1-3-5-19-28-26-29(20-6-4-2)25(21-31-26)27(17-10-18-27)22-13-15-24(16-14-22)30-23-11-8-7-9-12-23;/h7-9,11-16,21H,3-6,10,17-20H2,1-2H3;1H. The van der Waals surface area contributed by atoms with E-state index in [1.807, 2.05) is 41.7 Å². The molecule has 0 unspecified atom stereocenters. The third kappa shape index (κ3) is 5.37. The molecule has 4 rings (SSSR count). The van der Waals surface area contributed by atoms with E-state index in [0.717, 1.165) is 31.0 Å². The molecule has 5 heteroatoms. The van der Waals surface area contributed by atoms with Crippen LogP contribution in [0.5, 0.6) is 11.5 Å². The molecule has 1 aliphatic rings. The normalized spacial score (nSPS) is 15.1. The van der Waals surface area contributed by atoms with Crippen molar-refractivity contribution in [1.82, 2.24) is 4.57 Å². The summed E-state index contributed by atoms with van der Waals surface area (Å²) in [6, 6.07) is 18.8. The van der Waals surface area contributed by atoms with Crippen molar-refractivity contribution in [1.29, 1.82) is 0 Å². The monoisotopic (exact) mass is 514 g/mol. The van der Waals surface area contributed by atoms with Gasteiger partial charge < -0.3 is 9.30 Å². The lowest BCUT2D eigenvalue weighted by molar-refractivity contribution is 0.281. The van der Waals surface area contributed by atoms with Crippen molar-refractivity contribution >= 4 is 28.3 Å². The first-order chi connectivity index (χ1) is 15.3.